The lowest BCUT2D eigenvalue weighted by atomic mass is 10.0. The molecule has 0 saturated carbocycles. The van der Waals surface area contributed by atoms with Gasteiger partial charge in [0.2, 0.25) is 0 Å². The van der Waals surface area contributed by atoms with Gasteiger partial charge in [-0.3, -0.25) is 4.98 Å². The molecule has 0 atom stereocenters. The Balaban J connectivity index is 1.51. The molecule has 35 heavy (non-hydrogen) atoms. The molecular formula is C32H42FNO. The molecule has 0 saturated heterocycles. The minimum Gasteiger partial charge on any atom is -0.494 e. The number of hydrogen-bond acceptors (Lipinski definition) is 2. The van der Waals surface area contributed by atoms with Gasteiger partial charge in [-0.1, -0.05) is 95.9 Å². The van der Waals surface area contributed by atoms with Gasteiger partial charge in [-0.15, -0.1) is 0 Å². The summed E-state index contributed by atoms with van der Waals surface area (Å²) in [5, 5.41) is 0. The van der Waals surface area contributed by atoms with Crippen molar-refractivity contribution in [2.24, 2.45) is 0 Å². The molecule has 1 aromatic heterocycles. The van der Waals surface area contributed by atoms with E-state index in [1.54, 1.807) is 6.07 Å². The zero-order valence-electron chi connectivity index (χ0n) is 21.7. The number of ether oxygens (including phenoxy) is 1. The summed E-state index contributed by atoms with van der Waals surface area (Å²) in [5.41, 5.74) is 4.39. The predicted octanol–water partition coefficient (Wildman–Crippen LogP) is 9.81. The third-order valence-corrected chi connectivity index (χ3v) is 6.60. The fourth-order valence-electron chi connectivity index (χ4n) is 4.39. The minimum absolute atomic E-state index is 0.190. The van der Waals surface area contributed by atoms with E-state index >= 15 is 0 Å². The molecule has 0 aliphatic heterocycles. The van der Waals surface area contributed by atoms with Crippen LogP contribution in [0.15, 0.2) is 60.8 Å². The van der Waals surface area contributed by atoms with E-state index in [-0.39, 0.29) is 5.82 Å². The Morgan fingerprint density at radius 1 is 0.686 bits per heavy atom. The van der Waals surface area contributed by atoms with Crippen LogP contribution in [0.1, 0.15) is 90.0 Å². The number of nitrogens with zero attached hydrogens (tertiary/aromatic N) is 1. The number of benzene rings is 2. The van der Waals surface area contributed by atoms with Crippen LogP contribution in [0.3, 0.4) is 0 Å². The highest BCUT2D eigenvalue weighted by Gasteiger charge is 2.09. The molecule has 0 unspecified atom stereocenters. The molecule has 3 rings (SSSR count). The fourth-order valence-corrected chi connectivity index (χ4v) is 4.39. The van der Waals surface area contributed by atoms with Crippen molar-refractivity contribution in [2.75, 3.05) is 6.61 Å². The summed E-state index contributed by atoms with van der Waals surface area (Å²) in [6, 6.07) is 17.6. The van der Waals surface area contributed by atoms with Crippen LogP contribution in [-0.2, 0) is 6.42 Å². The molecule has 3 aromatic rings. The van der Waals surface area contributed by atoms with Crippen molar-refractivity contribution in [3.8, 4) is 28.1 Å². The van der Waals surface area contributed by atoms with Gasteiger partial charge in [-0.2, -0.15) is 0 Å². The SMILES string of the molecule is CCCCCCCCc1ccc(-c2ccc(-c3ccc(OCCCCCCC)cc3)cn2)c(F)c1. The monoisotopic (exact) mass is 475 g/mol. The highest BCUT2D eigenvalue weighted by Crippen LogP contribution is 2.27. The van der Waals surface area contributed by atoms with Gasteiger partial charge in [-0.05, 0) is 60.7 Å². The minimum atomic E-state index is -0.190. The van der Waals surface area contributed by atoms with E-state index in [0.717, 1.165) is 48.3 Å². The molecule has 2 aromatic carbocycles. The highest BCUT2D eigenvalue weighted by atomic mass is 19.1. The molecule has 1 heterocycles. The third kappa shape index (κ3) is 9.12. The molecule has 0 amide bonds. The number of pyridine rings is 1. The first kappa shape index (κ1) is 26.9. The maximum absolute atomic E-state index is 14.8. The Bertz CT molecular complexity index is 981. The van der Waals surface area contributed by atoms with E-state index < -0.39 is 0 Å². The number of aromatic nitrogens is 1. The van der Waals surface area contributed by atoms with Gasteiger partial charge in [0.05, 0.1) is 12.3 Å². The standard InChI is InChI=1S/C32H42FNO/c1-3-5-7-9-10-12-14-26-15-21-30(31(33)24-26)32-22-18-28(25-34-32)27-16-19-29(20-17-27)35-23-13-11-8-6-4-2/h15-22,24-25H,3-14,23H2,1-2H3. The van der Waals surface area contributed by atoms with Crippen molar-refractivity contribution in [1.29, 1.82) is 0 Å². The Morgan fingerprint density at radius 3 is 2.00 bits per heavy atom. The number of rotatable bonds is 16. The lowest BCUT2D eigenvalue weighted by molar-refractivity contribution is 0.304. The van der Waals surface area contributed by atoms with Crippen LogP contribution in [0, 0.1) is 5.82 Å². The first-order valence-corrected chi connectivity index (χ1v) is 13.7. The summed E-state index contributed by atoms with van der Waals surface area (Å²) in [5.74, 6) is 0.710. The fraction of sp³-hybridized carbons (Fsp3) is 0.469. The van der Waals surface area contributed by atoms with Crippen molar-refractivity contribution in [3.05, 3.63) is 72.2 Å². The van der Waals surface area contributed by atoms with Gasteiger partial charge in [0, 0.05) is 17.3 Å². The number of halogens is 1. The molecule has 188 valence electrons. The van der Waals surface area contributed by atoms with Gasteiger partial charge in [0.15, 0.2) is 0 Å². The summed E-state index contributed by atoms with van der Waals surface area (Å²) in [6.07, 6.45) is 16.5. The van der Waals surface area contributed by atoms with Gasteiger partial charge >= 0.3 is 0 Å². The van der Waals surface area contributed by atoms with Gasteiger partial charge in [0.1, 0.15) is 11.6 Å². The average molecular weight is 476 g/mol. The van der Waals surface area contributed by atoms with Crippen LogP contribution in [0.4, 0.5) is 4.39 Å². The largest absolute Gasteiger partial charge is 0.494 e. The summed E-state index contributed by atoms with van der Waals surface area (Å²) >= 11 is 0. The van der Waals surface area contributed by atoms with Crippen LogP contribution in [0.2, 0.25) is 0 Å². The van der Waals surface area contributed by atoms with Crippen LogP contribution < -0.4 is 4.74 Å². The molecule has 2 nitrogen and oxygen atoms in total. The highest BCUT2D eigenvalue weighted by molar-refractivity contribution is 5.67. The van der Waals surface area contributed by atoms with Crippen LogP contribution >= 0.6 is 0 Å². The van der Waals surface area contributed by atoms with E-state index in [1.807, 2.05) is 42.6 Å². The quantitative estimate of drug-likeness (QED) is 0.192. The molecule has 0 fully saturated rings. The lowest BCUT2D eigenvalue weighted by Gasteiger charge is -2.09. The smallest absolute Gasteiger partial charge is 0.132 e. The van der Waals surface area contributed by atoms with Crippen LogP contribution in [0.25, 0.3) is 22.4 Å². The number of unbranched alkanes of at least 4 members (excludes halogenated alkanes) is 9. The second kappa shape index (κ2) is 15.3. The van der Waals surface area contributed by atoms with Gasteiger partial charge in [0.25, 0.3) is 0 Å². The zero-order valence-corrected chi connectivity index (χ0v) is 21.7. The molecule has 0 bridgehead atoms. The van der Waals surface area contributed by atoms with Crippen molar-refractivity contribution >= 4 is 0 Å². The Labute approximate surface area is 212 Å². The van der Waals surface area contributed by atoms with Gasteiger partial charge < -0.3 is 4.74 Å². The van der Waals surface area contributed by atoms with Crippen LogP contribution in [-0.4, -0.2) is 11.6 Å². The van der Waals surface area contributed by atoms with Gasteiger partial charge in [-0.25, -0.2) is 4.39 Å². The van der Waals surface area contributed by atoms with Crippen molar-refractivity contribution in [3.63, 3.8) is 0 Å². The normalized spacial score (nSPS) is 11.1. The third-order valence-electron chi connectivity index (χ3n) is 6.60. The predicted molar refractivity (Wildman–Crippen MR) is 146 cm³/mol. The van der Waals surface area contributed by atoms with Crippen LogP contribution in [0.5, 0.6) is 5.75 Å². The number of aryl methyl sites for hydroxylation is 1. The first-order chi connectivity index (χ1) is 17.2. The summed E-state index contributed by atoms with van der Waals surface area (Å²) in [6.45, 7) is 5.23. The van der Waals surface area contributed by atoms with Crippen molar-refractivity contribution in [2.45, 2.75) is 90.9 Å². The van der Waals surface area contributed by atoms with E-state index in [1.165, 1.54) is 57.8 Å². The topological polar surface area (TPSA) is 22.1 Å². The van der Waals surface area contributed by atoms with E-state index in [9.17, 15) is 4.39 Å². The summed E-state index contributed by atoms with van der Waals surface area (Å²) in [7, 11) is 0. The molecule has 0 radical (unpaired) electrons. The zero-order chi connectivity index (χ0) is 24.7. The molecule has 0 N–H and O–H groups in total. The van der Waals surface area contributed by atoms with Crippen molar-refractivity contribution in [1.82, 2.24) is 4.98 Å². The Kier molecular flexibility index (Phi) is 11.8. The maximum atomic E-state index is 14.8. The second-order valence-corrected chi connectivity index (χ2v) is 9.55. The number of hydrogen-bond donors (Lipinski definition) is 0. The van der Waals surface area contributed by atoms with Crippen molar-refractivity contribution < 1.29 is 9.13 Å². The molecule has 0 aliphatic carbocycles. The van der Waals surface area contributed by atoms with E-state index in [2.05, 4.69) is 31.0 Å². The Morgan fingerprint density at radius 2 is 1.34 bits per heavy atom. The first-order valence-electron chi connectivity index (χ1n) is 13.7. The molecular weight excluding hydrogens is 433 g/mol. The molecule has 0 spiro atoms. The maximum Gasteiger partial charge on any atom is 0.132 e. The lowest BCUT2D eigenvalue weighted by Crippen LogP contribution is -1.97. The Hall–Kier alpha value is -2.68. The average Bonchev–Trinajstić information content (AvgIpc) is 2.89. The van der Waals surface area contributed by atoms with E-state index in [4.69, 9.17) is 4.74 Å². The summed E-state index contributed by atoms with van der Waals surface area (Å²) < 4.78 is 20.7. The van der Waals surface area contributed by atoms with E-state index in [0.29, 0.717) is 11.3 Å². The molecule has 0 aliphatic rings. The summed E-state index contributed by atoms with van der Waals surface area (Å²) in [4.78, 5) is 4.56. The molecule has 3 heteroatoms. The second-order valence-electron chi connectivity index (χ2n) is 9.55.